The summed E-state index contributed by atoms with van der Waals surface area (Å²) in [5.74, 6) is 0.192. The van der Waals surface area contributed by atoms with Crippen molar-refractivity contribution >= 4 is 17.7 Å². The summed E-state index contributed by atoms with van der Waals surface area (Å²) in [6, 6.07) is 6.14. The molecule has 4 aliphatic rings. The summed E-state index contributed by atoms with van der Waals surface area (Å²) in [7, 11) is 0. The molecule has 29 heavy (non-hydrogen) atoms. The fraction of sp³-hybridized carbons (Fsp3) is 0.591. The molecule has 0 spiro atoms. The zero-order valence-electron chi connectivity index (χ0n) is 16.7. The molecule has 3 aliphatic heterocycles. The maximum absolute atomic E-state index is 12.8. The van der Waals surface area contributed by atoms with Crippen LogP contribution in [-0.4, -0.2) is 59.2 Å². The molecular formula is C22H28N4O3. The first-order chi connectivity index (χ1) is 14.1. The van der Waals surface area contributed by atoms with Gasteiger partial charge in [-0.2, -0.15) is 0 Å². The van der Waals surface area contributed by atoms with Gasteiger partial charge in [-0.05, 0) is 36.0 Å². The summed E-state index contributed by atoms with van der Waals surface area (Å²) >= 11 is 0. The molecule has 7 heteroatoms. The topological polar surface area (TPSA) is 81.8 Å². The van der Waals surface area contributed by atoms with Gasteiger partial charge in [0, 0.05) is 50.7 Å². The van der Waals surface area contributed by atoms with E-state index in [2.05, 4.69) is 27.7 Å². The standard InChI is InChI=1S/C22H28N4O3/c27-20-6-5-19(21(28)24-20)26-13-16-9-15(3-4-18(16)22(26)29)12-25-8-7-23-11-17(25)10-14-1-2-14/h3-4,9,14,17,19,23H,1-2,5-8,10-13H2,(H,24,27,28). The van der Waals surface area contributed by atoms with E-state index in [-0.39, 0.29) is 24.1 Å². The normalized spacial score (nSPS) is 27.9. The van der Waals surface area contributed by atoms with Crippen LogP contribution in [0, 0.1) is 5.92 Å². The predicted molar refractivity (Wildman–Crippen MR) is 107 cm³/mol. The molecule has 0 radical (unpaired) electrons. The van der Waals surface area contributed by atoms with Crippen molar-refractivity contribution in [3.8, 4) is 0 Å². The van der Waals surface area contributed by atoms with Crippen molar-refractivity contribution in [2.24, 2.45) is 5.92 Å². The summed E-state index contributed by atoms with van der Waals surface area (Å²) in [4.78, 5) is 40.7. The van der Waals surface area contributed by atoms with Crippen molar-refractivity contribution in [1.82, 2.24) is 20.4 Å². The van der Waals surface area contributed by atoms with Crippen LogP contribution in [0.4, 0.5) is 0 Å². The Balaban J connectivity index is 1.29. The minimum absolute atomic E-state index is 0.102. The number of imide groups is 1. The van der Waals surface area contributed by atoms with Crippen LogP contribution in [0.3, 0.4) is 0 Å². The number of amides is 3. The molecule has 5 rings (SSSR count). The quantitative estimate of drug-likeness (QED) is 0.727. The minimum atomic E-state index is -0.549. The van der Waals surface area contributed by atoms with Crippen molar-refractivity contribution in [2.75, 3.05) is 19.6 Å². The molecule has 0 aromatic heterocycles. The number of rotatable bonds is 5. The lowest BCUT2D eigenvalue weighted by Gasteiger charge is -2.36. The van der Waals surface area contributed by atoms with Gasteiger partial charge in [0.1, 0.15) is 6.04 Å². The number of fused-ring (bicyclic) bond motifs is 1. The molecule has 1 saturated carbocycles. The van der Waals surface area contributed by atoms with Crippen LogP contribution in [0.1, 0.15) is 53.6 Å². The van der Waals surface area contributed by atoms with Gasteiger partial charge in [-0.1, -0.05) is 25.0 Å². The molecule has 3 fully saturated rings. The van der Waals surface area contributed by atoms with Crippen LogP contribution in [0.5, 0.6) is 0 Å². The van der Waals surface area contributed by atoms with Gasteiger partial charge in [-0.25, -0.2) is 0 Å². The Labute approximate surface area is 170 Å². The van der Waals surface area contributed by atoms with Gasteiger partial charge in [0.2, 0.25) is 11.8 Å². The third-order valence-corrected chi connectivity index (χ3v) is 6.75. The molecule has 2 unspecified atom stereocenters. The molecule has 2 saturated heterocycles. The van der Waals surface area contributed by atoms with E-state index in [0.29, 0.717) is 24.6 Å². The highest BCUT2D eigenvalue weighted by atomic mass is 16.2. The van der Waals surface area contributed by atoms with Crippen LogP contribution in [0.2, 0.25) is 0 Å². The SMILES string of the molecule is O=C1CCC(N2Cc3cc(CN4CCNCC4CC4CC4)ccc3C2=O)C(=O)N1. The van der Waals surface area contributed by atoms with Crippen LogP contribution in [0.15, 0.2) is 18.2 Å². The van der Waals surface area contributed by atoms with Crippen LogP contribution < -0.4 is 10.6 Å². The second-order valence-corrected chi connectivity index (χ2v) is 8.90. The molecule has 2 atom stereocenters. The second kappa shape index (κ2) is 7.54. The molecule has 7 nitrogen and oxygen atoms in total. The van der Waals surface area contributed by atoms with E-state index in [1.165, 1.54) is 24.8 Å². The number of hydrogen-bond donors (Lipinski definition) is 2. The maximum atomic E-state index is 12.8. The van der Waals surface area contributed by atoms with Crippen LogP contribution in [-0.2, 0) is 22.7 Å². The van der Waals surface area contributed by atoms with Crippen LogP contribution >= 0.6 is 0 Å². The van der Waals surface area contributed by atoms with Crippen molar-refractivity contribution in [3.05, 3.63) is 34.9 Å². The summed E-state index contributed by atoms with van der Waals surface area (Å²) < 4.78 is 0. The zero-order valence-corrected chi connectivity index (χ0v) is 16.7. The largest absolute Gasteiger partial charge is 0.322 e. The minimum Gasteiger partial charge on any atom is -0.322 e. The number of carbonyl (C=O) groups is 3. The monoisotopic (exact) mass is 396 g/mol. The first-order valence-corrected chi connectivity index (χ1v) is 10.8. The Morgan fingerprint density at radius 3 is 2.76 bits per heavy atom. The number of benzene rings is 1. The second-order valence-electron chi connectivity index (χ2n) is 8.90. The van der Waals surface area contributed by atoms with Gasteiger partial charge >= 0.3 is 0 Å². The predicted octanol–water partition coefficient (Wildman–Crippen LogP) is 1.02. The van der Waals surface area contributed by atoms with E-state index in [1.54, 1.807) is 4.90 Å². The molecule has 154 valence electrons. The van der Waals surface area contributed by atoms with Gasteiger partial charge in [0.25, 0.3) is 5.91 Å². The summed E-state index contributed by atoms with van der Waals surface area (Å²) in [6.45, 7) is 4.48. The lowest BCUT2D eigenvalue weighted by Crippen LogP contribution is -2.52. The first-order valence-electron chi connectivity index (χ1n) is 10.8. The molecule has 1 aromatic rings. The van der Waals surface area contributed by atoms with E-state index >= 15 is 0 Å². The molecule has 1 aromatic carbocycles. The van der Waals surface area contributed by atoms with Gasteiger partial charge in [-0.3, -0.25) is 24.6 Å². The lowest BCUT2D eigenvalue weighted by atomic mass is 10.0. The van der Waals surface area contributed by atoms with Gasteiger partial charge in [0.15, 0.2) is 0 Å². The van der Waals surface area contributed by atoms with Crippen molar-refractivity contribution < 1.29 is 14.4 Å². The molecule has 3 heterocycles. The third kappa shape index (κ3) is 3.81. The highest BCUT2D eigenvalue weighted by molar-refractivity contribution is 6.05. The van der Waals surface area contributed by atoms with E-state index in [9.17, 15) is 14.4 Å². The third-order valence-electron chi connectivity index (χ3n) is 6.75. The number of nitrogens with zero attached hydrogens (tertiary/aromatic N) is 2. The van der Waals surface area contributed by atoms with Gasteiger partial charge in [-0.15, -0.1) is 0 Å². The van der Waals surface area contributed by atoms with Crippen molar-refractivity contribution in [2.45, 2.75) is 57.3 Å². The Hall–Kier alpha value is -2.25. The Morgan fingerprint density at radius 1 is 1.10 bits per heavy atom. The number of piperidine rings is 1. The van der Waals surface area contributed by atoms with Crippen molar-refractivity contribution in [1.29, 1.82) is 0 Å². The van der Waals surface area contributed by atoms with Crippen molar-refractivity contribution in [3.63, 3.8) is 0 Å². The molecule has 2 N–H and O–H groups in total. The fourth-order valence-corrected chi connectivity index (χ4v) is 4.94. The molecule has 1 aliphatic carbocycles. The van der Waals surface area contributed by atoms with Gasteiger partial charge < -0.3 is 10.2 Å². The molecular weight excluding hydrogens is 368 g/mol. The Morgan fingerprint density at radius 2 is 1.97 bits per heavy atom. The Bertz CT molecular complexity index is 850. The summed E-state index contributed by atoms with van der Waals surface area (Å²) in [5, 5.41) is 5.89. The Kier molecular flexibility index (Phi) is 4.87. The average molecular weight is 396 g/mol. The van der Waals surface area contributed by atoms with E-state index in [0.717, 1.165) is 37.7 Å². The van der Waals surface area contributed by atoms with E-state index in [1.807, 2.05) is 6.07 Å². The number of nitrogens with one attached hydrogen (secondary N) is 2. The van der Waals surface area contributed by atoms with E-state index in [4.69, 9.17) is 0 Å². The molecule has 3 amide bonds. The molecule has 0 bridgehead atoms. The van der Waals surface area contributed by atoms with Gasteiger partial charge in [0.05, 0.1) is 0 Å². The number of hydrogen-bond acceptors (Lipinski definition) is 5. The maximum Gasteiger partial charge on any atom is 0.255 e. The van der Waals surface area contributed by atoms with Crippen LogP contribution in [0.25, 0.3) is 0 Å². The lowest BCUT2D eigenvalue weighted by molar-refractivity contribution is -0.136. The number of carbonyl (C=O) groups excluding carboxylic acids is 3. The number of piperazine rings is 1. The smallest absolute Gasteiger partial charge is 0.255 e. The summed E-state index contributed by atoms with van der Waals surface area (Å²) in [6.07, 6.45) is 4.72. The highest BCUT2D eigenvalue weighted by Gasteiger charge is 2.39. The zero-order chi connectivity index (χ0) is 20.0. The first kappa shape index (κ1) is 18.8. The van der Waals surface area contributed by atoms with E-state index < -0.39 is 6.04 Å². The fourth-order valence-electron chi connectivity index (χ4n) is 4.94. The summed E-state index contributed by atoms with van der Waals surface area (Å²) in [5.41, 5.74) is 2.91. The average Bonchev–Trinajstić information content (AvgIpc) is 3.46. The highest BCUT2D eigenvalue weighted by Crippen LogP contribution is 2.35.